The number of hydrogen-bond acceptors (Lipinski definition) is 2. The summed E-state index contributed by atoms with van der Waals surface area (Å²) >= 11 is 0. The molecule has 2 N–H and O–H groups in total. The van der Waals surface area contributed by atoms with Gasteiger partial charge in [-0.25, -0.2) is 0 Å². The third kappa shape index (κ3) is 6.43. The van der Waals surface area contributed by atoms with Crippen LogP contribution in [0.25, 0.3) is 0 Å². The van der Waals surface area contributed by atoms with Gasteiger partial charge in [-0.2, -0.15) is 0 Å². The van der Waals surface area contributed by atoms with E-state index in [1.807, 2.05) is 6.07 Å². The first kappa shape index (κ1) is 20.6. The molecule has 1 aromatic rings. The van der Waals surface area contributed by atoms with Crippen LogP contribution in [0.3, 0.4) is 0 Å². The molecule has 2 fully saturated rings. The molecule has 0 spiro atoms. The number of aromatic hydroxyl groups is 2. The van der Waals surface area contributed by atoms with Crippen LogP contribution in [0.4, 0.5) is 0 Å². The van der Waals surface area contributed by atoms with Crippen LogP contribution in [0.15, 0.2) is 12.1 Å². The van der Waals surface area contributed by atoms with E-state index < -0.39 is 0 Å². The Morgan fingerprint density at radius 2 is 1.22 bits per heavy atom. The Labute approximate surface area is 166 Å². The van der Waals surface area contributed by atoms with E-state index in [0.29, 0.717) is 10.8 Å². The minimum atomic E-state index is 0.0390. The number of aryl methyl sites for hydroxylation is 1. The van der Waals surface area contributed by atoms with Crippen LogP contribution >= 0.6 is 0 Å². The number of unbranched alkanes of at least 4 members (excludes halogenated alkanes) is 5. The van der Waals surface area contributed by atoms with Crippen molar-refractivity contribution >= 4 is 0 Å². The summed E-state index contributed by atoms with van der Waals surface area (Å²) in [4.78, 5) is 0. The molecule has 0 amide bonds. The predicted octanol–water partition coefficient (Wildman–Crippen LogP) is 7.29. The average molecular weight is 373 g/mol. The smallest absolute Gasteiger partial charge is 0.160 e. The highest BCUT2D eigenvalue weighted by Gasteiger charge is 2.36. The first-order chi connectivity index (χ1) is 12.9. The third-order valence-corrected chi connectivity index (χ3v) is 7.25. The zero-order chi connectivity index (χ0) is 19.3. The molecule has 0 aromatic heterocycles. The fraction of sp³-hybridized carbons (Fsp3) is 0.760. The molecule has 1 aromatic carbocycles. The van der Waals surface area contributed by atoms with E-state index >= 15 is 0 Å². The quantitative estimate of drug-likeness (QED) is 0.282. The predicted molar refractivity (Wildman–Crippen MR) is 113 cm³/mol. The van der Waals surface area contributed by atoms with E-state index in [1.54, 1.807) is 6.07 Å². The molecule has 2 saturated carbocycles. The largest absolute Gasteiger partial charge is 0.504 e. The summed E-state index contributed by atoms with van der Waals surface area (Å²) < 4.78 is 0. The second-order valence-corrected chi connectivity index (χ2v) is 10.2. The van der Waals surface area contributed by atoms with Crippen LogP contribution in [0.2, 0.25) is 0 Å². The average Bonchev–Trinajstić information content (AvgIpc) is 3.55. The Kier molecular flexibility index (Phi) is 6.76. The molecule has 152 valence electrons. The monoisotopic (exact) mass is 372 g/mol. The van der Waals surface area contributed by atoms with Gasteiger partial charge in [0, 0.05) is 5.56 Å². The van der Waals surface area contributed by atoms with Crippen LogP contribution in [0.1, 0.15) is 108 Å². The second-order valence-electron chi connectivity index (χ2n) is 10.2. The number of benzene rings is 1. The number of hydrogen-bond donors (Lipinski definition) is 2. The molecular weight excluding hydrogens is 332 g/mol. The van der Waals surface area contributed by atoms with Crippen molar-refractivity contribution in [1.82, 2.24) is 0 Å². The fourth-order valence-electron chi connectivity index (χ4n) is 4.36. The number of rotatable bonds is 13. The van der Waals surface area contributed by atoms with Gasteiger partial charge in [-0.15, -0.1) is 0 Å². The summed E-state index contributed by atoms with van der Waals surface area (Å²) in [5, 5.41) is 20.3. The topological polar surface area (TPSA) is 40.5 Å². The van der Waals surface area contributed by atoms with Gasteiger partial charge >= 0.3 is 0 Å². The lowest BCUT2D eigenvalue weighted by Crippen LogP contribution is -1.98. The van der Waals surface area contributed by atoms with Crippen LogP contribution in [0, 0.1) is 10.8 Å². The molecule has 2 aliphatic rings. The normalized spacial score (nSPS) is 19.2. The van der Waals surface area contributed by atoms with Gasteiger partial charge in [0.05, 0.1) is 0 Å². The summed E-state index contributed by atoms with van der Waals surface area (Å²) in [7, 11) is 0. The van der Waals surface area contributed by atoms with Gasteiger partial charge < -0.3 is 10.2 Å². The van der Waals surface area contributed by atoms with Crippen molar-refractivity contribution in [2.24, 2.45) is 10.8 Å². The molecule has 2 nitrogen and oxygen atoms in total. The Balaban J connectivity index is 1.39. The van der Waals surface area contributed by atoms with E-state index in [9.17, 15) is 10.2 Å². The summed E-state index contributed by atoms with van der Waals surface area (Å²) in [5.74, 6) is 0.167. The van der Waals surface area contributed by atoms with E-state index in [4.69, 9.17) is 0 Å². The van der Waals surface area contributed by atoms with E-state index in [1.165, 1.54) is 82.6 Å². The molecule has 0 radical (unpaired) electrons. The molecule has 0 saturated heterocycles. The maximum Gasteiger partial charge on any atom is 0.160 e. The Morgan fingerprint density at radius 1 is 0.704 bits per heavy atom. The first-order valence-corrected chi connectivity index (χ1v) is 11.4. The van der Waals surface area contributed by atoms with E-state index in [0.717, 1.165) is 24.8 Å². The van der Waals surface area contributed by atoms with E-state index in [2.05, 4.69) is 13.8 Å². The highest BCUT2D eigenvalue weighted by molar-refractivity contribution is 5.49. The highest BCUT2D eigenvalue weighted by Crippen LogP contribution is 2.49. The molecule has 0 aliphatic heterocycles. The van der Waals surface area contributed by atoms with Crippen molar-refractivity contribution in [2.75, 3.05) is 0 Å². The van der Waals surface area contributed by atoms with Crippen molar-refractivity contribution in [3.63, 3.8) is 0 Å². The molecule has 2 aliphatic carbocycles. The molecule has 27 heavy (non-hydrogen) atoms. The van der Waals surface area contributed by atoms with Crippen LogP contribution in [-0.2, 0) is 12.8 Å². The van der Waals surface area contributed by atoms with Crippen molar-refractivity contribution in [1.29, 1.82) is 0 Å². The van der Waals surface area contributed by atoms with Crippen molar-refractivity contribution in [3.8, 4) is 11.5 Å². The third-order valence-electron chi connectivity index (χ3n) is 7.25. The van der Waals surface area contributed by atoms with E-state index in [-0.39, 0.29) is 11.5 Å². The van der Waals surface area contributed by atoms with Gasteiger partial charge in [0.15, 0.2) is 11.5 Å². The first-order valence-electron chi connectivity index (χ1n) is 11.4. The summed E-state index contributed by atoms with van der Waals surface area (Å²) in [6.07, 6.45) is 19.1. The molecule has 0 unspecified atom stereocenters. The zero-order valence-electron chi connectivity index (χ0n) is 17.7. The lowest BCUT2D eigenvalue weighted by molar-refractivity contribution is 0.397. The number of phenols is 2. The van der Waals surface area contributed by atoms with Gasteiger partial charge in [-0.3, -0.25) is 0 Å². The van der Waals surface area contributed by atoms with Crippen molar-refractivity contribution in [2.45, 2.75) is 110 Å². The maximum absolute atomic E-state index is 10.4. The SMILES string of the molecule is CC1(CCCCCCc2c(CCCCCC3(C)CC3)ccc(O)c2O)CC1. The minimum Gasteiger partial charge on any atom is -0.504 e. The lowest BCUT2D eigenvalue weighted by atomic mass is 9.94. The maximum atomic E-state index is 10.4. The van der Waals surface area contributed by atoms with Crippen LogP contribution in [-0.4, -0.2) is 10.2 Å². The molecule has 2 heteroatoms. The van der Waals surface area contributed by atoms with Gasteiger partial charge in [-0.1, -0.05) is 52.0 Å². The lowest BCUT2D eigenvalue weighted by Gasteiger charge is -2.14. The van der Waals surface area contributed by atoms with Gasteiger partial charge in [0.25, 0.3) is 0 Å². The van der Waals surface area contributed by atoms with Gasteiger partial charge in [-0.05, 0) is 86.7 Å². The Morgan fingerprint density at radius 3 is 1.81 bits per heavy atom. The Hall–Kier alpha value is -1.18. The highest BCUT2D eigenvalue weighted by atomic mass is 16.3. The van der Waals surface area contributed by atoms with Crippen molar-refractivity contribution in [3.05, 3.63) is 23.3 Å². The van der Waals surface area contributed by atoms with Crippen molar-refractivity contribution < 1.29 is 10.2 Å². The fourth-order valence-corrected chi connectivity index (χ4v) is 4.36. The molecular formula is C25H40O2. The molecule has 3 rings (SSSR count). The molecule has 0 heterocycles. The second kappa shape index (κ2) is 8.88. The van der Waals surface area contributed by atoms with Gasteiger partial charge in [0.2, 0.25) is 0 Å². The minimum absolute atomic E-state index is 0.0390. The zero-order valence-corrected chi connectivity index (χ0v) is 17.7. The van der Waals surface area contributed by atoms with Crippen LogP contribution in [0.5, 0.6) is 11.5 Å². The summed E-state index contributed by atoms with van der Waals surface area (Å²) in [6, 6.07) is 3.69. The number of phenolic OH excluding ortho intramolecular Hbond substituents is 2. The summed E-state index contributed by atoms with van der Waals surface area (Å²) in [5.41, 5.74) is 3.58. The molecule has 0 atom stereocenters. The standard InChI is InChI=1S/C25H40O2/c1-24(16-17-24)14-8-4-3-7-11-21-20(12-13-22(26)23(21)27)10-6-5-9-15-25(2)18-19-25/h12-13,26-27H,3-11,14-19H2,1-2H3. The summed E-state index contributed by atoms with van der Waals surface area (Å²) in [6.45, 7) is 4.82. The Bertz CT molecular complexity index is 611. The van der Waals surface area contributed by atoms with Gasteiger partial charge in [0.1, 0.15) is 0 Å². The molecule has 0 bridgehead atoms. The van der Waals surface area contributed by atoms with Crippen LogP contribution < -0.4 is 0 Å².